The summed E-state index contributed by atoms with van der Waals surface area (Å²) in [7, 11) is 4.01. The minimum Gasteiger partial charge on any atom is -0.477 e. The summed E-state index contributed by atoms with van der Waals surface area (Å²) < 4.78 is 47.7. The maximum atomic E-state index is 13.8. The van der Waals surface area contributed by atoms with Crippen molar-refractivity contribution in [2.75, 3.05) is 19.0 Å². The van der Waals surface area contributed by atoms with Gasteiger partial charge in [0.15, 0.2) is 0 Å². The minimum atomic E-state index is -4.43. The molecule has 0 aliphatic heterocycles. The number of hydrogen-bond acceptors (Lipinski definition) is 6. The summed E-state index contributed by atoms with van der Waals surface area (Å²) in [6.45, 7) is 7.09. The number of pyridine rings is 1. The summed E-state index contributed by atoms with van der Waals surface area (Å²) >= 11 is 0.893. The number of rotatable bonds is 12. The molecule has 0 spiro atoms. The molecule has 11 heteroatoms. The molecule has 4 rings (SSSR count). The number of aromatic nitrogens is 1. The molecule has 2 aromatic rings. The molecule has 0 amide bonds. The van der Waals surface area contributed by atoms with E-state index in [9.17, 15) is 28.5 Å². The van der Waals surface area contributed by atoms with E-state index in [4.69, 9.17) is 4.74 Å². The fourth-order valence-electron chi connectivity index (χ4n) is 6.33. The Labute approximate surface area is 275 Å². The monoisotopic (exact) mass is 660 g/mol. The van der Waals surface area contributed by atoms with E-state index >= 15 is 0 Å². The maximum absolute atomic E-state index is 13.8. The van der Waals surface area contributed by atoms with E-state index in [1.54, 1.807) is 12.3 Å². The molecule has 2 saturated carbocycles. The number of aromatic carboxylic acids is 1. The lowest BCUT2D eigenvalue weighted by molar-refractivity contribution is -0.225. The highest BCUT2D eigenvalue weighted by atomic mass is 32.1. The van der Waals surface area contributed by atoms with Crippen molar-refractivity contribution in [3.63, 3.8) is 0 Å². The summed E-state index contributed by atoms with van der Waals surface area (Å²) in [5.74, 6) is 5.30. The van der Waals surface area contributed by atoms with Crippen molar-refractivity contribution in [1.82, 2.24) is 9.88 Å². The van der Waals surface area contributed by atoms with Crippen molar-refractivity contribution in [3.8, 4) is 17.7 Å². The topological polar surface area (TPSA) is 89.8 Å². The second-order valence-electron chi connectivity index (χ2n) is 13.4. The van der Waals surface area contributed by atoms with Gasteiger partial charge in [0.1, 0.15) is 22.2 Å². The third-order valence-electron chi connectivity index (χ3n) is 9.17. The van der Waals surface area contributed by atoms with Gasteiger partial charge in [0.05, 0.1) is 10.6 Å². The van der Waals surface area contributed by atoms with Gasteiger partial charge in [-0.05, 0) is 95.5 Å². The number of hydrogen-bond donors (Lipinski definition) is 2. The van der Waals surface area contributed by atoms with Crippen LogP contribution in [0.4, 0.5) is 18.9 Å². The molecule has 0 aromatic carbocycles. The molecule has 2 N–H and O–H groups in total. The number of thiophene rings is 1. The summed E-state index contributed by atoms with van der Waals surface area (Å²) in [5, 5.41) is 19.6. The van der Waals surface area contributed by atoms with Gasteiger partial charge in [0.25, 0.3) is 0 Å². The first-order chi connectivity index (χ1) is 21.7. The van der Waals surface area contributed by atoms with E-state index in [2.05, 4.69) is 35.6 Å². The predicted molar refractivity (Wildman–Crippen MR) is 177 cm³/mol. The molecular weight excluding hydrogens is 613 g/mol. The summed E-state index contributed by atoms with van der Waals surface area (Å²) in [5.41, 5.74) is -0.575. The number of nitrogens with zero attached hydrogens (tertiary/aromatic N) is 3. The highest BCUT2D eigenvalue weighted by Gasteiger charge is 2.57. The number of carboxylic acid groups (broad SMARTS) is 1. The third kappa shape index (κ3) is 8.62. The smallest absolute Gasteiger partial charge is 0.405 e. The van der Waals surface area contributed by atoms with E-state index in [1.165, 1.54) is 0 Å². The Kier molecular flexibility index (Phi) is 11.8. The molecule has 1 atom stereocenters. The normalized spacial score (nSPS) is 20.0. The van der Waals surface area contributed by atoms with Crippen LogP contribution in [0.3, 0.4) is 0 Å². The van der Waals surface area contributed by atoms with Crippen molar-refractivity contribution in [2.24, 2.45) is 17.3 Å². The van der Waals surface area contributed by atoms with Crippen LogP contribution >= 0.6 is 11.3 Å². The van der Waals surface area contributed by atoms with Gasteiger partial charge in [0, 0.05) is 30.8 Å². The zero-order chi connectivity index (χ0) is 33.6. The van der Waals surface area contributed by atoms with Gasteiger partial charge in [-0.3, -0.25) is 5.41 Å². The van der Waals surface area contributed by atoms with E-state index in [0.29, 0.717) is 55.4 Å². The van der Waals surface area contributed by atoms with E-state index < -0.39 is 17.6 Å². The van der Waals surface area contributed by atoms with Gasteiger partial charge in [-0.1, -0.05) is 39.0 Å². The van der Waals surface area contributed by atoms with Gasteiger partial charge in [-0.2, -0.15) is 13.2 Å². The average molecular weight is 661 g/mol. The highest BCUT2D eigenvalue weighted by molar-refractivity contribution is 7.15. The van der Waals surface area contributed by atoms with Crippen LogP contribution < -0.4 is 9.64 Å². The Bertz CT molecular complexity index is 1420. The number of carboxylic acids is 1. The average Bonchev–Trinajstić information content (AvgIpc) is 3.37. The van der Waals surface area contributed by atoms with Gasteiger partial charge in [-0.15, -0.1) is 11.3 Å². The Morgan fingerprint density at radius 1 is 1.20 bits per heavy atom. The Balaban J connectivity index is 1.62. The van der Waals surface area contributed by atoms with Crippen LogP contribution in [0.5, 0.6) is 5.88 Å². The molecule has 7 nitrogen and oxygen atoms in total. The molecule has 2 fully saturated rings. The Hall–Kier alpha value is -3.10. The lowest BCUT2D eigenvalue weighted by atomic mass is 9.69. The van der Waals surface area contributed by atoms with Crippen LogP contribution in [0.25, 0.3) is 0 Å². The number of halogens is 3. The zero-order valence-corrected chi connectivity index (χ0v) is 28.4. The molecule has 46 heavy (non-hydrogen) atoms. The Morgan fingerprint density at radius 3 is 2.43 bits per heavy atom. The standard InChI is InChI=1S/C35H47F3N4O3S/c1-6-25(9-8-23(2)3)32(39)42(26-10-12-27(13-11-26)45-30-20-24(15-19-40-30)22-41(4)5)29-21-28(46-31(29)33(43)44)14-18-34(16-7-17-34)35(36,37)38/h15,19-21,23,25-27,39H,6-13,16-17,22H2,1-5H3,(H,43,44). The lowest BCUT2D eigenvalue weighted by Gasteiger charge is -2.40. The van der Waals surface area contributed by atoms with Crippen LogP contribution in [0.2, 0.25) is 0 Å². The van der Waals surface area contributed by atoms with Gasteiger partial charge < -0.3 is 19.6 Å². The fraction of sp³-hybridized carbons (Fsp3) is 0.629. The van der Waals surface area contributed by atoms with Crippen LogP contribution in [-0.4, -0.2) is 59.2 Å². The second-order valence-corrected chi connectivity index (χ2v) is 14.5. The minimum absolute atomic E-state index is 0.00251. The number of ether oxygens (including phenoxy) is 1. The summed E-state index contributed by atoms with van der Waals surface area (Å²) in [6, 6.07) is 5.35. The van der Waals surface area contributed by atoms with Crippen LogP contribution in [0, 0.1) is 34.5 Å². The summed E-state index contributed by atoms with van der Waals surface area (Å²) in [4.78, 5) is 21.1. The van der Waals surface area contributed by atoms with Crippen LogP contribution in [-0.2, 0) is 6.54 Å². The zero-order valence-electron chi connectivity index (χ0n) is 27.5. The number of nitrogens with one attached hydrogen (secondary N) is 1. The molecule has 2 aromatic heterocycles. The molecule has 1 unspecified atom stereocenters. The molecule has 0 radical (unpaired) electrons. The lowest BCUT2D eigenvalue weighted by Crippen LogP contribution is -2.46. The van der Waals surface area contributed by atoms with Crippen LogP contribution in [0.15, 0.2) is 24.4 Å². The highest BCUT2D eigenvalue weighted by Crippen LogP contribution is 2.52. The Morgan fingerprint density at radius 2 is 1.89 bits per heavy atom. The molecule has 2 aliphatic carbocycles. The first-order valence-corrected chi connectivity index (χ1v) is 17.2. The molecule has 2 aliphatic rings. The fourth-order valence-corrected chi connectivity index (χ4v) is 7.17. The molecule has 2 heterocycles. The van der Waals surface area contributed by atoms with E-state index in [0.717, 1.165) is 42.7 Å². The van der Waals surface area contributed by atoms with E-state index in [1.807, 2.05) is 38.1 Å². The SMILES string of the molecule is CCC(CCC(C)C)C(=N)N(c1cc(C#CC2(C(F)(F)F)CCC2)sc1C(=O)O)C1CCC(Oc2cc(CN(C)C)ccn2)CC1. The predicted octanol–water partition coefficient (Wildman–Crippen LogP) is 8.62. The van der Waals surface area contributed by atoms with Crippen LogP contribution in [0.1, 0.15) is 105 Å². The van der Waals surface area contributed by atoms with E-state index in [-0.39, 0.29) is 40.7 Å². The van der Waals surface area contributed by atoms with Gasteiger partial charge in [0.2, 0.25) is 5.88 Å². The molecular formula is C35H47F3N4O3S. The van der Waals surface area contributed by atoms with Gasteiger partial charge >= 0.3 is 12.1 Å². The first kappa shape index (κ1) is 35.7. The van der Waals surface area contributed by atoms with Crippen molar-refractivity contribution in [3.05, 3.63) is 39.7 Å². The second kappa shape index (κ2) is 15.2. The quantitative estimate of drug-likeness (QED) is 0.135. The number of carbonyl (C=O) groups is 1. The number of amidine groups is 1. The maximum Gasteiger partial charge on any atom is 0.405 e. The largest absolute Gasteiger partial charge is 0.477 e. The summed E-state index contributed by atoms with van der Waals surface area (Å²) in [6.07, 6.45) is 2.80. The molecule has 0 saturated heterocycles. The van der Waals surface area contributed by atoms with Crippen molar-refractivity contribution in [1.29, 1.82) is 5.41 Å². The molecule has 252 valence electrons. The van der Waals surface area contributed by atoms with Crippen molar-refractivity contribution >= 4 is 28.8 Å². The van der Waals surface area contributed by atoms with Gasteiger partial charge in [-0.25, -0.2) is 9.78 Å². The number of alkyl halides is 3. The molecule has 0 bridgehead atoms. The third-order valence-corrected chi connectivity index (χ3v) is 10.2. The van der Waals surface area contributed by atoms with Crippen molar-refractivity contribution in [2.45, 2.75) is 110 Å². The number of anilines is 1. The first-order valence-electron chi connectivity index (χ1n) is 16.3. The van der Waals surface area contributed by atoms with Crippen molar-refractivity contribution < 1.29 is 27.8 Å².